The standard InChI is InChI=1S/C16H15F6N5O2/c1-2-11(28)7-23-12-25-13(27-14(26-12)29-8-15(17,18)19)24-10-5-3-4-9(6-10)16(20,21)22/h3-6H,2,7-8H2,1H3,(H2,23,24,25,26,27). The van der Waals surface area contributed by atoms with Crippen LogP contribution >= 0.6 is 0 Å². The molecule has 0 radical (unpaired) electrons. The number of rotatable bonds is 8. The quantitative estimate of drug-likeness (QED) is 0.621. The Balaban J connectivity index is 2.27. The van der Waals surface area contributed by atoms with E-state index < -0.39 is 30.5 Å². The van der Waals surface area contributed by atoms with Crippen LogP contribution in [0, 0.1) is 0 Å². The van der Waals surface area contributed by atoms with E-state index in [-0.39, 0.29) is 36.3 Å². The van der Waals surface area contributed by atoms with Gasteiger partial charge in [-0.25, -0.2) is 0 Å². The second-order valence-corrected chi connectivity index (χ2v) is 5.62. The molecule has 0 bridgehead atoms. The number of carbonyl (C=O) groups is 1. The molecule has 2 N–H and O–H groups in total. The van der Waals surface area contributed by atoms with Crippen molar-refractivity contribution in [3.05, 3.63) is 29.8 Å². The Kier molecular flexibility index (Phi) is 6.82. The third-order valence-electron chi connectivity index (χ3n) is 3.26. The highest BCUT2D eigenvalue weighted by molar-refractivity contribution is 5.82. The van der Waals surface area contributed by atoms with Crippen molar-refractivity contribution in [2.45, 2.75) is 25.7 Å². The molecule has 0 aliphatic carbocycles. The number of nitrogens with one attached hydrogen (secondary N) is 2. The number of hydrogen-bond acceptors (Lipinski definition) is 7. The fraction of sp³-hybridized carbons (Fsp3) is 0.375. The summed E-state index contributed by atoms with van der Waals surface area (Å²) in [4.78, 5) is 22.5. The van der Waals surface area contributed by atoms with Crippen molar-refractivity contribution < 1.29 is 35.9 Å². The zero-order valence-electron chi connectivity index (χ0n) is 14.9. The minimum absolute atomic E-state index is 0.0663. The molecule has 13 heteroatoms. The van der Waals surface area contributed by atoms with Crippen LogP contribution in [0.15, 0.2) is 24.3 Å². The van der Waals surface area contributed by atoms with Gasteiger partial charge in [-0.1, -0.05) is 13.0 Å². The van der Waals surface area contributed by atoms with E-state index in [0.29, 0.717) is 0 Å². The zero-order valence-corrected chi connectivity index (χ0v) is 14.9. The molecule has 0 amide bonds. The van der Waals surface area contributed by atoms with Gasteiger partial charge in [-0.05, 0) is 18.2 Å². The molecule has 1 aromatic carbocycles. The Labute approximate surface area is 160 Å². The largest absolute Gasteiger partial charge is 0.454 e. The number of ether oxygens (including phenoxy) is 1. The van der Waals surface area contributed by atoms with Crippen molar-refractivity contribution in [2.75, 3.05) is 23.8 Å². The lowest BCUT2D eigenvalue weighted by molar-refractivity contribution is -0.154. The highest BCUT2D eigenvalue weighted by Crippen LogP contribution is 2.31. The van der Waals surface area contributed by atoms with Crippen LogP contribution in [0.4, 0.5) is 43.9 Å². The van der Waals surface area contributed by atoms with Crippen LogP contribution < -0.4 is 15.4 Å². The lowest BCUT2D eigenvalue weighted by Gasteiger charge is -2.12. The van der Waals surface area contributed by atoms with Gasteiger partial charge in [0.2, 0.25) is 11.9 Å². The number of anilines is 3. The molecule has 0 saturated carbocycles. The molecule has 0 spiro atoms. The fourth-order valence-corrected chi connectivity index (χ4v) is 1.91. The Morgan fingerprint density at radius 3 is 2.38 bits per heavy atom. The van der Waals surface area contributed by atoms with Gasteiger partial charge in [0.15, 0.2) is 12.4 Å². The number of hydrogen-bond donors (Lipinski definition) is 2. The first kappa shape index (κ1) is 22.2. The van der Waals surface area contributed by atoms with Crippen molar-refractivity contribution in [1.29, 1.82) is 0 Å². The van der Waals surface area contributed by atoms with Gasteiger partial charge in [0.25, 0.3) is 0 Å². The molecular weight excluding hydrogens is 408 g/mol. The molecule has 158 valence electrons. The first-order chi connectivity index (χ1) is 13.5. The number of aromatic nitrogens is 3. The topological polar surface area (TPSA) is 89.0 Å². The maximum atomic E-state index is 12.8. The fourth-order valence-electron chi connectivity index (χ4n) is 1.91. The summed E-state index contributed by atoms with van der Waals surface area (Å²) in [6.07, 6.45) is -9.05. The number of alkyl halides is 6. The summed E-state index contributed by atoms with van der Waals surface area (Å²) >= 11 is 0. The predicted molar refractivity (Wildman–Crippen MR) is 89.9 cm³/mol. The van der Waals surface area contributed by atoms with Crippen LogP contribution in [0.25, 0.3) is 0 Å². The first-order valence-electron chi connectivity index (χ1n) is 8.12. The molecule has 0 saturated heterocycles. The van der Waals surface area contributed by atoms with Crippen molar-refractivity contribution in [1.82, 2.24) is 15.0 Å². The molecule has 29 heavy (non-hydrogen) atoms. The van der Waals surface area contributed by atoms with Gasteiger partial charge < -0.3 is 15.4 Å². The Hall–Kier alpha value is -3.12. The lowest BCUT2D eigenvalue weighted by atomic mass is 10.2. The summed E-state index contributed by atoms with van der Waals surface area (Å²) in [6, 6.07) is 3.31. The van der Waals surface area contributed by atoms with Gasteiger partial charge in [0.05, 0.1) is 12.1 Å². The maximum absolute atomic E-state index is 12.8. The van der Waals surface area contributed by atoms with Gasteiger partial charge in [-0.2, -0.15) is 41.3 Å². The minimum Gasteiger partial charge on any atom is -0.454 e. The van der Waals surface area contributed by atoms with E-state index in [2.05, 4.69) is 30.3 Å². The smallest absolute Gasteiger partial charge is 0.422 e. The van der Waals surface area contributed by atoms with E-state index in [1.165, 1.54) is 6.07 Å². The molecule has 0 aliphatic rings. The number of nitrogens with zero attached hydrogens (tertiary/aromatic N) is 3. The van der Waals surface area contributed by atoms with Crippen LogP contribution in [0.3, 0.4) is 0 Å². The average molecular weight is 423 g/mol. The summed E-state index contributed by atoms with van der Waals surface area (Å²) < 4.78 is 80.0. The summed E-state index contributed by atoms with van der Waals surface area (Å²) in [6.45, 7) is -0.286. The Morgan fingerprint density at radius 1 is 1.07 bits per heavy atom. The Morgan fingerprint density at radius 2 is 1.76 bits per heavy atom. The second kappa shape index (κ2) is 8.92. The van der Waals surface area contributed by atoms with Crippen LogP contribution in [0.1, 0.15) is 18.9 Å². The first-order valence-corrected chi connectivity index (χ1v) is 8.12. The van der Waals surface area contributed by atoms with E-state index in [1.807, 2.05) is 0 Å². The van der Waals surface area contributed by atoms with E-state index in [1.54, 1.807) is 6.92 Å². The predicted octanol–water partition coefficient (Wildman–Crippen LogP) is 3.97. The molecule has 0 atom stereocenters. The van der Waals surface area contributed by atoms with Gasteiger partial charge in [0.1, 0.15) is 0 Å². The SMILES string of the molecule is CCC(=O)CNc1nc(Nc2cccc(C(F)(F)F)c2)nc(OCC(F)(F)F)n1. The molecular formula is C16H15F6N5O2. The Bertz CT molecular complexity index is 856. The molecule has 0 aliphatic heterocycles. The van der Waals surface area contributed by atoms with Crippen molar-refractivity contribution >= 4 is 23.4 Å². The molecule has 2 aromatic rings. The highest BCUT2D eigenvalue weighted by atomic mass is 19.4. The van der Waals surface area contributed by atoms with Crippen LogP contribution in [0.5, 0.6) is 6.01 Å². The molecule has 0 unspecified atom stereocenters. The number of ketones is 1. The number of halogens is 6. The van der Waals surface area contributed by atoms with Crippen molar-refractivity contribution in [3.63, 3.8) is 0 Å². The number of carbonyl (C=O) groups excluding carboxylic acids is 1. The zero-order chi connectivity index (χ0) is 21.7. The summed E-state index contributed by atoms with van der Waals surface area (Å²) in [5.41, 5.74) is -1.01. The third kappa shape index (κ3) is 7.43. The maximum Gasteiger partial charge on any atom is 0.422 e. The van der Waals surface area contributed by atoms with Gasteiger partial charge in [-0.15, -0.1) is 0 Å². The summed E-state index contributed by atoms with van der Waals surface area (Å²) in [5.74, 6) is -0.882. The van der Waals surface area contributed by atoms with Crippen LogP contribution in [0.2, 0.25) is 0 Å². The molecule has 0 fully saturated rings. The van der Waals surface area contributed by atoms with E-state index in [9.17, 15) is 31.1 Å². The van der Waals surface area contributed by atoms with Crippen LogP contribution in [-0.2, 0) is 11.0 Å². The summed E-state index contributed by atoms with van der Waals surface area (Å²) in [7, 11) is 0. The number of benzene rings is 1. The molecule has 1 aromatic heterocycles. The third-order valence-corrected chi connectivity index (χ3v) is 3.26. The van der Waals surface area contributed by atoms with Gasteiger partial charge in [-0.3, -0.25) is 4.79 Å². The molecule has 7 nitrogen and oxygen atoms in total. The monoisotopic (exact) mass is 423 g/mol. The average Bonchev–Trinajstić information content (AvgIpc) is 2.63. The van der Waals surface area contributed by atoms with E-state index >= 15 is 0 Å². The van der Waals surface area contributed by atoms with E-state index in [0.717, 1.165) is 18.2 Å². The summed E-state index contributed by atoms with van der Waals surface area (Å²) in [5, 5.41) is 4.95. The van der Waals surface area contributed by atoms with Crippen molar-refractivity contribution in [2.24, 2.45) is 0 Å². The van der Waals surface area contributed by atoms with E-state index in [4.69, 9.17) is 0 Å². The van der Waals surface area contributed by atoms with Gasteiger partial charge >= 0.3 is 18.4 Å². The van der Waals surface area contributed by atoms with Crippen LogP contribution in [-0.4, -0.2) is 40.1 Å². The molecule has 1 heterocycles. The second-order valence-electron chi connectivity index (χ2n) is 5.62. The van der Waals surface area contributed by atoms with Gasteiger partial charge in [0, 0.05) is 12.1 Å². The lowest BCUT2D eigenvalue weighted by Crippen LogP contribution is -2.21. The van der Waals surface area contributed by atoms with Crippen molar-refractivity contribution in [3.8, 4) is 6.01 Å². The normalized spacial score (nSPS) is 11.8. The number of Topliss-reactive ketones (excluding diaryl/α,β-unsaturated/α-hetero) is 1. The highest BCUT2D eigenvalue weighted by Gasteiger charge is 2.31. The molecule has 2 rings (SSSR count). The minimum atomic E-state index is -4.66.